The van der Waals surface area contributed by atoms with Gasteiger partial charge in [0.05, 0.1) is 0 Å². The molecule has 0 amide bonds. The van der Waals surface area contributed by atoms with Gasteiger partial charge in [0.1, 0.15) is 0 Å². The van der Waals surface area contributed by atoms with Crippen LogP contribution in [0.2, 0.25) is 0 Å². The largest absolute Gasteiger partial charge is 0.355 e. The molecule has 0 unspecified atom stereocenters. The zero-order valence-electron chi connectivity index (χ0n) is 36.3. The first-order valence-corrected chi connectivity index (χ1v) is 22.4. The number of rotatable bonds is 10. The predicted octanol–water partition coefficient (Wildman–Crippen LogP) is 15.0. The number of aryl methyl sites for hydroxylation is 1. The van der Waals surface area contributed by atoms with Crippen LogP contribution < -0.4 is 26.0 Å². The number of anilines is 8. The molecule has 0 aromatic heterocycles. The number of hydrogen-bond acceptors (Lipinski definition) is 3. The lowest BCUT2D eigenvalue weighted by molar-refractivity contribution is 1.26. The molecule has 0 aliphatic carbocycles. The van der Waals surface area contributed by atoms with Crippen molar-refractivity contribution in [3.8, 4) is 44.5 Å². The van der Waals surface area contributed by atoms with Gasteiger partial charge < -0.3 is 15.1 Å². The van der Waals surface area contributed by atoms with E-state index in [9.17, 15) is 0 Å². The topological polar surface area (TPSA) is 18.5 Å². The Morgan fingerprint density at radius 3 is 1.49 bits per heavy atom. The fourth-order valence-corrected chi connectivity index (χ4v) is 9.34. The Morgan fingerprint density at radius 2 is 0.877 bits per heavy atom. The number of nitrogens with zero attached hydrogens (tertiary/aromatic N) is 2. The minimum atomic E-state index is 0.767. The van der Waals surface area contributed by atoms with Crippen molar-refractivity contribution in [2.24, 2.45) is 0 Å². The van der Waals surface area contributed by atoms with Crippen molar-refractivity contribution in [3.05, 3.63) is 254 Å². The van der Waals surface area contributed by atoms with E-state index in [2.05, 4.69) is 271 Å². The molecule has 3 nitrogen and oxygen atoms in total. The second kappa shape index (κ2) is 17.4. The molecule has 0 atom stereocenters. The summed E-state index contributed by atoms with van der Waals surface area (Å²) >= 11 is 0. The molecule has 1 heterocycles. The van der Waals surface area contributed by atoms with Crippen molar-refractivity contribution in [1.82, 2.24) is 0 Å². The van der Waals surface area contributed by atoms with Crippen molar-refractivity contribution in [3.63, 3.8) is 0 Å². The quantitative estimate of drug-likeness (QED) is 0.139. The average molecular weight is 832 g/mol. The highest BCUT2D eigenvalue weighted by molar-refractivity contribution is 6.73. The summed E-state index contributed by atoms with van der Waals surface area (Å²) in [6.45, 7) is 2.22. The minimum Gasteiger partial charge on any atom is -0.355 e. The number of nitrogens with one attached hydrogen (secondary N) is 1. The van der Waals surface area contributed by atoms with Crippen LogP contribution in [0, 0.1) is 6.92 Å². The zero-order chi connectivity index (χ0) is 43.5. The molecule has 10 aromatic rings. The zero-order valence-corrected chi connectivity index (χ0v) is 36.3. The molecule has 0 saturated heterocycles. The van der Waals surface area contributed by atoms with E-state index >= 15 is 0 Å². The molecule has 1 aliphatic heterocycles. The van der Waals surface area contributed by atoms with Crippen LogP contribution in [0.5, 0.6) is 0 Å². The first-order valence-electron chi connectivity index (χ1n) is 22.4. The standard InChI is InChI=1S/C61H46BN3/c1-43-19-17-18-30-58(43)65-59-40-48(45-22-9-3-10-23-45)33-37-56(59)62-61-55(39-49(41-60(61)65)46-24-11-4-12-25-46)54-42-53(64(51-26-13-5-14-27-51)52-28-15-6-16-29-52)36-38-57(54)63-50-34-31-47(32-35-50)44-20-7-2-8-21-44/h2-42,62-63H,1H3. The highest BCUT2D eigenvalue weighted by Crippen LogP contribution is 2.45. The molecule has 1 aliphatic rings. The second-order valence-electron chi connectivity index (χ2n) is 16.7. The predicted molar refractivity (Wildman–Crippen MR) is 278 cm³/mol. The third-order valence-electron chi connectivity index (χ3n) is 12.6. The van der Waals surface area contributed by atoms with Crippen LogP contribution in [0.15, 0.2) is 249 Å². The summed E-state index contributed by atoms with van der Waals surface area (Å²) in [5.41, 5.74) is 22.1. The van der Waals surface area contributed by atoms with E-state index in [1.54, 1.807) is 0 Å². The molecule has 10 aromatic carbocycles. The van der Waals surface area contributed by atoms with Gasteiger partial charge >= 0.3 is 0 Å². The van der Waals surface area contributed by atoms with E-state index in [1.807, 2.05) is 0 Å². The maximum atomic E-state index is 3.93. The number of hydrogen-bond donors (Lipinski definition) is 1. The lowest BCUT2D eigenvalue weighted by Crippen LogP contribution is -2.41. The molecule has 0 fully saturated rings. The molecule has 0 spiro atoms. The fourth-order valence-electron chi connectivity index (χ4n) is 9.34. The normalized spacial score (nSPS) is 11.6. The van der Waals surface area contributed by atoms with E-state index in [1.165, 1.54) is 66.9 Å². The van der Waals surface area contributed by atoms with Crippen molar-refractivity contribution < 1.29 is 0 Å². The molecule has 0 saturated carbocycles. The van der Waals surface area contributed by atoms with E-state index in [0.717, 1.165) is 46.8 Å². The fraction of sp³-hybridized carbons (Fsp3) is 0.0164. The summed E-state index contributed by atoms with van der Waals surface area (Å²) < 4.78 is 0. The molecule has 0 radical (unpaired) electrons. The first kappa shape index (κ1) is 39.5. The van der Waals surface area contributed by atoms with E-state index in [4.69, 9.17) is 0 Å². The van der Waals surface area contributed by atoms with Gasteiger partial charge in [0, 0.05) is 51.1 Å². The van der Waals surface area contributed by atoms with Gasteiger partial charge in [-0.3, -0.25) is 0 Å². The molecular formula is C61H46BN3. The summed E-state index contributed by atoms with van der Waals surface area (Å²) in [4.78, 5) is 4.88. The van der Waals surface area contributed by atoms with E-state index < -0.39 is 0 Å². The molecule has 4 heteroatoms. The molecule has 308 valence electrons. The third kappa shape index (κ3) is 7.88. The Balaban J connectivity index is 1.16. The summed E-state index contributed by atoms with van der Waals surface area (Å²) in [5, 5.41) is 3.93. The summed E-state index contributed by atoms with van der Waals surface area (Å²) in [5.74, 6) is 0. The van der Waals surface area contributed by atoms with Gasteiger partial charge in [0.2, 0.25) is 0 Å². The Labute approximate surface area is 382 Å². The second-order valence-corrected chi connectivity index (χ2v) is 16.7. The Hall–Kier alpha value is -8.34. The molecule has 1 N–H and O–H groups in total. The lowest BCUT2D eigenvalue weighted by atomic mass is 9.57. The molecule has 0 bridgehead atoms. The van der Waals surface area contributed by atoms with Gasteiger partial charge in [-0.25, -0.2) is 0 Å². The van der Waals surface area contributed by atoms with Gasteiger partial charge in [0.15, 0.2) is 7.28 Å². The van der Waals surface area contributed by atoms with Gasteiger partial charge in [-0.05, 0) is 136 Å². The van der Waals surface area contributed by atoms with Crippen LogP contribution >= 0.6 is 0 Å². The van der Waals surface area contributed by atoms with Crippen LogP contribution in [0.3, 0.4) is 0 Å². The van der Waals surface area contributed by atoms with Crippen LogP contribution in [-0.2, 0) is 0 Å². The van der Waals surface area contributed by atoms with Gasteiger partial charge in [-0.15, -0.1) is 0 Å². The monoisotopic (exact) mass is 831 g/mol. The molecular weight excluding hydrogens is 786 g/mol. The minimum absolute atomic E-state index is 0.767. The van der Waals surface area contributed by atoms with Crippen LogP contribution in [0.4, 0.5) is 45.5 Å². The summed E-state index contributed by atoms with van der Waals surface area (Å²) in [6, 6.07) is 89.8. The maximum Gasteiger partial charge on any atom is 0.198 e. The van der Waals surface area contributed by atoms with E-state index in [0.29, 0.717) is 0 Å². The van der Waals surface area contributed by atoms with E-state index in [-0.39, 0.29) is 0 Å². The smallest absolute Gasteiger partial charge is 0.198 e. The number of fused-ring (bicyclic) bond motifs is 2. The highest BCUT2D eigenvalue weighted by Gasteiger charge is 2.30. The number of benzene rings is 10. The SMILES string of the molecule is Cc1ccccc1N1c2cc(-c3ccccc3)ccc2Bc2c(-c3cc(N(c4ccccc4)c4ccccc4)ccc3Nc3ccc(-c4ccccc4)cc3)cc(-c3ccccc3)cc21. The maximum absolute atomic E-state index is 3.93. The van der Waals surface area contributed by atoms with Gasteiger partial charge in [0.25, 0.3) is 0 Å². The lowest BCUT2D eigenvalue weighted by Gasteiger charge is -2.36. The molecule has 11 rings (SSSR count). The van der Waals surface area contributed by atoms with Crippen molar-refractivity contribution in [2.75, 3.05) is 15.1 Å². The van der Waals surface area contributed by atoms with Gasteiger partial charge in [-0.2, -0.15) is 0 Å². The first-order chi connectivity index (χ1) is 32.1. The van der Waals surface area contributed by atoms with Crippen molar-refractivity contribution in [1.29, 1.82) is 0 Å². The van der Waals surface area contributed by atoms with Gasteiger partial charge in [-0.1, -0.05) is 175 Å². The number of para-hydroxylation sites is 3. The summed E-state index contributed by atoms with van der Waals surface area (Å²) in [6.07, 6.45) is 0. The van der Waals surface area contributed by atoms with Crippen LogP contribution in [0.1, 0.15) is 5.56 Å². The third-order valence-corrected chi connectivity index (χ3v) is 12.6. The van der Waals surface area contributed by atoms with Crippen molar-refractivity contribution in [2.45, 2.75) is 6.92 Å². The molecule has 65 heavy (non-hydrogen) atoms. The van der Waals surface area contributed by atoms with Crippen LogP contribution in [0.25, 0.3) is 44.5 Å². The highest BCUT2D eigenvalue weighted by atomic mass is 15.2. The Bertz CT molecular complexity index is 3210. The Kier molecular flexibility index (Phi) is 10.6. The average Bonchev–Trinajstić information content (AvgIpc) is 3.37. The van der Waals surface area contributed by atoms with Crippen molar-refractivity contribution >= 4 is 63.7 Å². The summed E-state index contributed by atoms with van der Waals surface area (Å²) in [7, 11) is 0.767. The van der Waals surface area contributed by atoms with Crippen LogP contribution in [-0.4, -0.2) is 7.28 Å². The Morgan fingerprint density at radius 1 is 0.369 bits per heavy atom.